The van der Waals surface area contributed by atoms with Crippen LogP contribution >= 0.6 is 11.3 Å². The van der Waals surface area contributed by atoms with Crippen molar-refractivity contribution in [1.29, 1.82) is 0 Å². The van der Waals surface area contributed by atoms with Crippen LogP contribution in [0.25, 0.3) is 0 Å². The van der Waals surface area contributed by atoms with Gasteiger partial charge in [0.25, 0.3) is 5.91 Å². The predicted octanol–water partition coefficient (Wildman–Crippen LogP) is 2.86. The molecule has 1 N–H and O–H groups in total. The van der Waals surface area contributed by atoms with Crippen molar-refractivity contribution < 1.29 is 14.3 Å². The van der Waals surface area contributed by atoms with Crippen molar-refractivity contribution in [3.63, 3.8) is 0 Å². The number of amides is 1. The Kier molecular flexibility index (Phi) is 6.10. The normalized spacial score (nSPS) is 11.1. The lowest BCUT2D eigenvalue weighted by Gasteiger charge is -2.07. The Labute approximate surface area is 145 Å². The van der Waals surface area contributed by atoms with Crippen molar-refractivity contribution in [1.82, 2.24) is 10.3 Å². The van der Waals surface area contributed by atoms with Gasteiger partial charge in [-0.1, -0.05) is 24.1 Å². The Morgan fingerprint density at radius 1 is 1.33 bits per heavy atom. The summed E-state index contributed by atoms with van der Waals surface area (Å²) in [5.74, 6) is 4.57. The molecule has 2 aromatic rings. The van der Waals surface area contributed by atoms with Crippen molar-refractivity contribution in [3.8, 4) is 11.8 Å². The molecule has 1 aromatic heterocycles. The van der Waals surface area contributed by atoms with Crippen LogP contribution in [0.15, 0.2) is 30.3 Å². The number of ether oxygens (including phenoxy) is 1. The molecule has 0 unspecified atom stereocenters. The summed E-state index contributed by atoms with van der Waals surface area (Å²) < 4.78 is 4.99. The van der Waals surface area contributed by atoms with Crippen LogP contribution in [0.3, 0.4) is 0 Å². The van der Waals surface area contributed by atoms with E-state index in [0.29, 0.717) is 22.2 Å². The molecule has 2 rings (SSSR count). The molecule has 1 atom stereocenters. The molecule has 5 nitrogen and oxygen atoms in total. The van der Waals surface area contributed by atoms with Crippen LogP contribution in [-0.4, -0.2) is 23.5 Å². The van der Waals surface area contributed by atoms with E-state index in [-0.39, 0.29) is 12.0 Å². The van der Waals surface area contributed by atoms with E-state index in [4.69, 9.17) is 4.74 Å². The summed E-state index contributed by atoms with van der Waals surface area (Å²) in [5.41, 5.74) is 1.37. The molecule has 0 aliphatic rings. The van der Waals surface area contributed by atoms with E-state index in [9.17, 15) is 9.59 Å². The summed E-state index contributed by atoms with van der Waals surface area (Å²) in [7, 11) is 0. The molecular formula is C18H18N2O3S. The maximum Gasteiger partial charge on any atom is 0.350 e. The first-order valence-electron chi connectivity index (χ1n) is 7.53. The zero-order valence-corrected chi connectivity index (χ0v) is 14.6. The molecule has 6 heteroatoms. The summed E-state index contributed by atoms with van der Waals surface area (Å²) in [6, 6.07) is 8.94. The van der Waals surface area contributed by atoms with E-state index in [1.807, 2.05) is 30.3 Å². The average molecular weight is 342 g/mol. The van der Waals surface area contributed by atoms with Gasteiger partial charge in [0.15, 0.2) is 0 Å². The van der Waals surface area contributed by atoms with E-state index in [1.165, 1.54) is 11.3 Å². The van der Waals surface area contributed by atoms with E-state index in [2.05, 4.69) is 22.1 Å². The van der Waals surface area contributed by atoms with Gasteiger partial charge in [0.2, 0.25) is 0 Å². The number of nitrogens with zero attached hydrogens (tertiary/aromatic N) is 1. The molecule has 0 saturated carbocycles. The van der Waals surface area contributed by atoms with Crippen LogP contribution < -0.4 is 5.32 Å². The van der Waals surface area contributed by atoms with E-state index in [1.54, 1.807) is 20.8 Å². The maximum absolute atomic E-state index is 11.9. The van der Waals surface area contributed by atoms with Crippen LogP contribution in [-0.2, 0) is 9.53 Å². The first-order chi connectivity index (χ1) is 11.5. The van der Waals surface area contributed by atoms with Gasteiger partial charge in [-0.25, -0.2) is 9.78 Å². The molecule has 1 heterocycles. The number of benzene rings is 1. The minimum Gasteiger partial charge on any atom is -0.462 e. The number of carbonyl (C=O) groups excluding carboxylic acids is 2. The Morgan fingerprint density at radius 2 is 2.04 bits per heavy atom. The number of aryl methyl sites for hydroxylation is 1. The highest BCUT2D eigenvalue weighted by molar-refractivity contribution is 7.13. The van der Waals surface area contributed by atoms with Crippen molar-refractivity contribution >= 4 is 23.2 Å². The number of nitrogens with one attached hydrogen (secondary N) is 1. The van der Waals surface area contributed by atoms with Gasteiger partial charge in [0, 0.05) is 11.5 Å². The molecule has 124 valence electrons. The van der Waals surface area contributed by atoms with Crippen LogP contribution in [0.5, 0.6) is 0 Å². The topological polar surface area (TPSA) is 68.3 Å². The second-order valence-electron chi connectivity index (χ2n) is 5.00. The average Bonchev–Trinajstić information content (AvgIpc) is 2.96. The number of esters is 1. The Hall–Kier alpha value is -2.65. The lowest BCUT2D eigenvalue weighted by Crippen LogP contribution is -2.25. The van der Waals surface area contributed by atoms with Crippen LogP contribution in [0.4, 0.5) is 0 Å². The van der Waals surface area contributed by atoms with Gasteiger partial charge in [0.1, 0.15) is 9.88 Å². The molecule has 0 spiro atoms. The maximum atomic E-state index is 11.9. The Bertz CT molecular complexity index is 788. The summed E-state index contributed by atoms with van der Waals surface area (Å²) in [5, 5.41) is 3.41. The molecule has 1 aromatic carbocycles. The molecule has 0 aliphatic heterocycles. The third-order valence-electron chi connectivity index (χ3n) is 3.09. The van der Waals surface area contributed by atoms with Gasteiger partial charge in [-0.15, -0.1) is 11.3 Å². The largest absolute Gasteiger partial charge is 0.462 e. The van der Waals surface area contributed by atoms with Crippen molar-refractivity contribution in [2.75, 3.05) is 6.61 Å². The third kappa shape index (κ3) is 4.67. The number of carbonyl (C=O) groups is 2. The van der Waals surface area contributed by atoms with Crippen LogP contribution in [0.1, 0.15) is 45.8 Å². The fraction of sp³-hybridized carbons (Fsp3) is 0.278. The summed E-state index contributed by atoms with van der Waals surface area (Å²) in [6.45, 7) is 5.61. The second kappa shape index (κ2) is 8.27. The van der Waals surface area contributed by atoms with Gasteiger partial charge in [-0.3, -0.25) is 4.79 Å². The van der Waals surface area contributed by atoms with Crippen molar-refractivity contribution in [2.24, 2.45) is 0 Å². The Balaban J connectivity index is 2.03. The second-order valence-corrected chi connectivity index (χ2v) is 6.03. The molecular weight excluding hydrogens is 324 g/mol. The molecule has 0 fully saturated rings. The van der Waals surface area contributed by atoms with Gasteiger partial charge in [0.05, 0.1) is 18.3 Å². The van der Waals surface area contributed by atoms with Crippen molar-refractivity contribution in [3.05, 3.63) is 51.5 Å². The number of rotatable bonds is 4. The van der Waals surface area contributed by atoms with Gasteiger partial charge in [-0.05, 0) is 32.9 Å². The first-order valence-corrected chi connectivity index (χ1v) is 8.35. The molecule has 0 radical (unpaired) electrons. The van der Waals surface area contributed by atoms with Gasteiger partial charge in [-0.2, -0.15) is 0 Å². The van der Waals surface area contributed by atoms with Crippen LogP contribution in [0, 0.1) is 18.8 Å². The lowest BCUT2D eigenvalue weighted by molar-refractivity contribution is -0.116. The molecule has 1 amide bonds. The highest BCUT2D eigenvalue weighted by Gasteiger charge is 2.20. The minimum absolute atomic E-state index is 0.312. The van der Waals surface area contributed by atoms with Gasteiger partial charge < -0.3 is 10.1 Å². The predicted molar refractivity (Wildman–Crippen MR) is 92.7 cm³/mol. The van der Waals surface area contributed by atoms with Gasteiger partial charge >= 0.3 is 5.97 Å². The van der Waals surface area contributed by atoms with E-state index in [0.717, 1.165) is 5.56 Å². The lowest BCUT2D eigenvalue weighted by atomic mass is 10.2. The van der Waals surface area contributed by atoms with E-state index >= 15 is 0 Å². The fourth-order valence-corrected chi connectivity index (χ4v) is 2.90. The first kappa shape index (κ1) is 17.7. The summed E-state index contributed by atoms with van der Waals surface area (Å²) >= 11 is 1.22. The monoisotopic (exact) mass is 342 g/mol. The molecule has 0 bridgehead atoms. The van der Waals surface area contributed by atoms with E-state index < -0.39 is 5.91 Å². The molecule has 0 saturated heterocycles. The highest BCUT2D eigenvalue weighted by atomic mass is 32.1. The molecule has 24 heavy (non-hydrogen) atoms. The summed E-state index contributed by atoms with van der Waals surface area (Å²) in [4.78, 5) is 28.6. The highest BCUT2D eigenvalue weighted by Crippen LogP contribution is 2.24. The standard InChI is InChI=1S/C18H18N2O3S/c1-4-23-18(22)16-12(2)20-17(24-16)13(3)19-15(21)11-10-14-8-6-5-7-9-14/h5-9,13H,4H2,1-3H3,(H,19,21)/t13-/m1/s1. The Morgan fingerprint density at radius 3 is 2.71 bits per heavy atom. The SMILES string of the molecule is CCOC(=O)c1sc([C@@H](C)NC(=O)C#Cc2ccccc2)nc1C. The number of hydrogen-bond acceptors (Lipinski definition) is 5. The zero-order chi connectivity index (χ0) is 17.5. The number of hydrogen-bond donors (Lipinski definition) is 1. The van der Waals surface area contributed by atoms with Crippen molar-refractivity contribution in [2.45, 2.75) is 26.8 Å². The quantitative estimate of drug-likeness (QED) is 0.685. The number of aromatic nitrogens is 1. The fourth-order valence-electron chi connectivity index (χ4n) is 1.93. The molecule has 0 aliphatic carbocycles. The minimum atomic E-state index is -0.392. The summed E-state index contributed by atoms with van der Waals surface area (Å²) in [6.07, 6.45) is 0. The third-order valence-corrected chi connectivity index (χ3v) is 4.41. The zero-order valence-electron chi connectivity index (χ0n) is 13.8. The number of thiazole rings is 1. The smallest absolute Gasteiger partial charge is 0.350 e. The van der Waals surface area contributed by atoms with Crippen LogP contribution in [0.2, 0.25) is 0 Å².